The predicted molar refractivity (Wildman–Crippen MR) is 58.0 cm³/mol. The van der Waals surface area contributed by atoms with Crippen LogP contribution in [0.15, 0.2) is 12.1 Å². The summed E-state index contributed by atoms with van der Waals surface area (Å²) in [6.45, 7) is 2.06. The molecule has 1 aliphatic heterocycles. The molecule has 1 aliphatic rings. The molecule has 0 saturated carbocycles. The molecule has 1 heterocycles. The summed E-state index contributed by atoms with van der Waals surface area (Å²) in [6.07, 6.45) is 1.02. The molecule has 1 aromatic carbocycles. The number of nitrogens with zero attached hydrogens (tertiary/aromatic N) is 1. The van der Waals surface area contributed by atoms with E-state index in [-0.39, 0.29) is 0 Å². The smallest absolute Gasteiger partial charge is 0.141 e. The van der Waals surface area contributed by atoms with Gasteiger partial charge >= 0.3 is 0 Å². The van der Waals surface area contributed by atoms with Crippen LogP contribution in [0.4, 0.5) is 0 Å². The number of hydrogen-bond acceptors (Lipinski definition) is 2. The largest absolute Gasteiger partial charge is 0.495 e. The summed E-state index contributed by atoms with van der Waals surface area (Å²) in [5.74, 6) is 0.859. The maximum Gasteiger partial charge on any atom is 0.141 e. The van der Waals surface area contributed by atoms with Crippen molar-refractivity contribution in [1.82, 2.24) is 4.90 Å². The number of halogens is 1. The molecule has 76 valence electrons. The van der Waals surface area contributed by atoms with Gasteiger partial charge in [-0.15, -0.1) is 0 Å². The van der Waals surface area contributed by atoms with Crippen LogP contribution in [0.2, 0.25) is 5.02 Å². The van der Waals surface area contributed by atoms with Gasteiger partial charge in [0.1, 0.15) is 5.75 Å². The second-order valence-electron chi connectivity index (χ2n) is 3.71. The van der Waals surface area contributed by atoms with Crippen LogP contribution < -0.4 is 4.74 Å². The monoisotopic (exact) mass is 211 g/mol. The second-order valence-corrected chi connectivity index (χ2v) is 4.11. The molecule has 0 atom stereocenters. The molecular weight excluding hydrogens is 198 g/mol. The van der Waals surface area contributed by atoms with E-state index in [4.69, 9.17) is 16.3 Å². The number of ether oxygens (including phenoxy) is 1. The van der Waals surface area contributed by atoms with E-state index >= 15 is 0 Å². The Kier molecular flexibility index (Phi) is 2.66. The summed E-state index contributed by atoms with van der Waals surface area (Å²) in [5, 5.41) is 0.718. The van der Waals surface area contributed by atoms with E-state index in [1.54, 1.807) is 7.11 Å². The van der Waals surface area contributed by atoms with Crippen LogP contribution >= 0.6 is 11.6 Å². The number of methoxy groups -OCH3 is 1. The van der Waals surface area contributed by atoms with Crippen molar-refractivity contribution in [3.05, 3.63) is 28.3 Å². The number of hydrogen-bond donors (Lipinski definition) is 0. The Bertz CT molecular complexity index is 351. The molecule has 0 unspecified atom stereocenters. The van der Waals surface area contributed by atoms with Gasteiger partial charge in [-0.1, -0.05) is 17.7 Å². The fraction of sp³-hybridized carbons (Fsp3) is 0.455. The molecule has 0 radical (unpaired) electrons. The van der Waals surface area contributed by atoms with Gasteiger partial charge in [0.2, 0.25) is 0 Å². The lowest BCUT2D eigenvalue weighted by Gasteiger charge is -2.26. The zero-order valence-electron chi connectivity index (χ0n) is 8.51. The fourth-order valence-electron chi connectivity index (χ4n) is 1.96. The van der Waals surface area contributed by atoms with Crippen molar-refractivity contribution in [2.75, 3.05) is 20.7 Å². The van der Waals surface area contributed by atoms with Crippen LogP contribution in [0.3, 0.4) is 0 Å². The Balaban J connectivity index is 2.47. The van der Waals surface area contributed by atoms with Crippen LogP contribution in [0, 0.1) is 0 Å². The van der Waals surface area contributed by atoms with E-state index in [1.165, 1.54) is 11.1 Å². The van der Waals surface area contributed by atoms with Crippen molar-refractivity contribution < 1.29 is 4.74 Å². The number of fused-ring (bicyclic) bond motifs is 1. The molecule has 0 aliphatic carbocycles. The lowest BCUT2D eigenvalue weighted by molar-refractivity contribution is 0.306. The topological polar surface area (TPSA) is 12.5 Å². The SMILES string of the molecule is COc1c(Cl)ccc2c1CCN(C)C2. The van der Waals surface area contributed by atoms with Gasteiger partial charge in [0, 0.05) is 18.7 Å². The minimum absolute atomic E-state index is 0.718. The molecule has 2 nitrogen and oxygen atoms in total. The molecule has 0 saturated heterocycles. The highest BCUT2D eigenvalue weighted by atomic mass is 35.5. The normalized spacial score (nSPS) is 16.5. The average Bonchev–Trinajstić information content (AvgIpc) is 2.18. The number of likely N-dealkylation sites (N-methyl/N-ethyl adjacent to an activating group) is 1. The zero-order valence-corrected chi connectivity index (χ0v) is 9.27. The van der Waals surface area contributed by atoms with E-state index in [1.807, 2.05) is 6.07 Å². The first-order valence-electron chi connectivity index (χ1n) is 4.75. The van der Waals surface area contributed by atoms with Gasteiger partial charge in [0.25, 0.3) is 0 Å². The van der Waals surface area contributed by atoms with Crippen molar-refractivity contribution >= 4 is 11.6 Å². The van der Waals surface area contributed by atoms with E-state index in [9.17, 15) is 0 Å². The fourth-order valence-corrected chi connectivity index (χ4v) is 2.21. The third-order valence-electron chi connectivity index (χ3n) is 2.70. The van der Waals surface area contributed by atoms with Gasteiger partial charge in [-0.3, -0.25) is 0 Å². The minimum Gasteiger partial charge on any atom is -0.495 e. The quantitative estimate of drug-likeness (QED) is 0.707. The summed E-state index contributed by atoms with van der Waals surface area (Å²) in [4.78, 5) is 2.30. The summed E-state index contributed by atoms with van der Waals surface area (Å²) < 4.78 is 5.33. The molecule has 0 fully saturated rings. The lowest BCUT2D eigenvalue weighted by atomic mass is 9.99. The molecule has 0 spiro atoms. The van der Waals surface area contributed by atoms with Crippen molar-refractivity contribution in [2.45, 2.75) is 13.0 Å². The van der Waals surface area contributed by atoms with Crippen LogP contribution in [0.5, 0.6) is 5.75 Å². The highest BCUT2D eigenvalue weighted by molar-refractivity contribution is 6.32. The Morgan fingerprint density at radius 2 is 2.21 bits per heavy atom. The Morgan fingerprint density at radius 3 is 2.93 bits per heavy atom. The predicted octanol–water partition coefficient (Wildman–Crippen LogP) is 2.34. The Morgan fingerprint density at radius 1 is 1.43 bits per heavy atom. The summed E-state index contributed by atoms with van der Waals surface area (Å²) in [7, 11) is 3.81. The van der Waals surface area contributed by atoms with Crippen LogP contribution in [-0.4, -0.2) is 25.6 Å². The Hall–Kier alpha value is -0.730. The van der Waals surface area contributed by atoms with E-state index in [0.29, 0.717) is 0 Å². The van der Waals surface area contributed by atoms with Crippen LogP contribution in [-0.2, 0) is 13.0 Å². The maximum absolute atomic E-state index is 6.06. The van der Waals surface area contributed by atoms with Gasteiger partial charge in [-0.25, -0.2) is 0 Å². The summed E-state index contributed by atoms with van der Waals surface area (Å²) >= 11 is 6.06. The molecule has 0 aromatic heterocycles. The average molecular weight is 212 g/mol. The van der Waals surface area contributed by atoms with Crippen molar-refractivity contribution in [1.29, 1.82) is 0 Å². The first kappa shape index (κ1) is 9.81. The first-order valence-corrected chi connectivity index (χ1v) is 5.13. The van der Waals surface area contributed by atoms with Gasteiger partial charge in [0.05, 0.1) is 12.1 Å². The molecule has 3 heteroatoms. The molecular formula is C11H14ClNO. The molecule has 14 heavy (non-hydrogen) atoms. The lowest BCUT2D eigenvalue weighted by Crippen LogP contribution is -2.26. The van der Waals surface area contributed by atoms with Crippen LogP contribution in [0.1, 0.15) is 11.1 Å². The Labute approximate surface area is 89.4 Å². The summed E-state index contributed by atoms with van der Waals surface area (Å²) in [6, 6.07) is 4.01. The third kappa shape index (κ3) is 1.60. The van der Waals surface area contributed by atoms with E-state index < -0.39 is 0 Å². The zero-order chi connectivity index (χ0) is 10.1. The van der Waals surface area contributed by atoms with E-state index in [0.717, 1.165) is 30.3 Å². The number of rotatable bonds is 1. The highest BCUT2D eigenvalue weighted by Gasteiger charge is 2.18. The van der Waals surface area contributed by atoms with Crippen LogP contribution in [0.25, 0.3) is 0 Å². The van der Waals surface area contributed by atoms with Gasteiger partial charge in [0.15, 0.2) is 0 Å². The van der Waals surface area contributed by atoms with Gasteiger partial charge < -0.3 is 9.64 Å². The standard InChI is InChI=1S/C11H14ClNO/c1-13-6-5-9-8(7-13)3-4-10(12)11(9)14-2/h3-4H,5-7H2,1-2H3. The summed E-state index contributed by atoms with van der Waals surface area (Å²) in [5.41, 5.74) is 2.61. The van der Waals surface area contributed by atoms with Crippen molar-refractivity contribution in [3.8, 4) is 5.75 Å². The molecule has 0 amide bonds. The van der Waals surface area contributed by atoms with Crippen molar-refractivity contribution in [3.63, 3.8) is 0 Å². The number of benzene rings is 1. The minimum atomic E-state index is 0.718. The third-order valence-corrected chi connectivity index (χ3v) is 3.00. The molecule has 1 aromatic rings. The second kappa shape index (κ2) is 3.79. The first-order chi connectivity index (χ1) is 6.72. The molecule has 2 rings (SSSR count). The van der Waals surface area contributed by atoms with Gasteiger partial charge in [-0.2, -0.15) is 0 Å². The maximum atomic E-state index is 6.06. The highest BCUT2D eigenvalue weighted by Crippen LogP contribution is 2.33. The molecule has 0 N–H and O–H groups in total. The molecule has 0 bridgehead atoms. The van der Waals surface area contributed by atoms with E-state index in [2.05, 4.69) is 18.0 Å². The van der Waals surface area contributed by atoms with Gasteiger partial charge in [-0.05, 0) is 25.1 Å². The van der Waals surface area contributed by atoms with Crippen molar-refractivity contribution in [2.24, 2.45) is 0 Å².